The molecule has 1 saturated carbocycles. The molecular formula is C14H17N3OS. The average Bonchev–Trinajstić information content (AvgIpc) is 3.19. The van der Waals surface area contributed by atoms with Gasteiger partial charge in [-0.25, -0.2) is 0 Å². The number of hydrogen-bond donors (Lipinski definition) is 0. The van der Waals surface area contributed by atoms with Crippen molar-refractivity contribution in [1.29, 1.82) is 0 Å². The fourth-order valence-corrected chi connectivity index (χ4v) is 2.96. The summed E-state index contributed by atoms with van der Waals surface area (Å²) >= 11 is 1.78. The predicted octanol–water partition coefficient (Wildman–Crippen LogP) is 2.96. The van der Waals surface area contributed by atoms with Crippen molar-refractivity contribution in [3.63, 3.8) is 0 Å². The highest BCUT2D eigenvalue weighted by Gasteiger charge is 2.26. The lowest BCUT2D eigenvalue weighted by Crippen LogP contribution is -1.96. The molecule has 5 heteroatoms. The molecule has 1 heterocycles. The van der Waals surface area contributed by atoms with Crippen LogP contribution in [0.4, 0.5) is 0 Å². The number of aryl methyl sites for hydroxylation is 1. The highest BCUT2D eigenvalue weighted by atomic mass is 32.2. The number of thioether (sulfide) groups is 1. The van der Waals surface area contributed by atoms with Crippen molar-refractivity contribution in [2.75, 3.05) is 12.9 Å². The molecule has 0 amide bonds. The first-order valence-electron chi connectivity index (χ1n) is 6.52. The summed E-state index contributed by atoms with van der Waals surface area (Å²) in [4.78, 5) is 0. The largest absolute Gasteiger partial charge is 0.497 e. The number of nitrogens with zero attached hydrogens (tertiary/aromatic N) is 3. The van der Waals surface area contributed by atoms with Crippen LogP contribution >= 0.6 is 11.8 Å². The number of methoxy groups -OCH3 is 1. The van der Waals surface area contributed by atoms with Crippen molar-refractivity contribution in [3.05, 3.63) is 36.2 Å². The Balaban J connectivity index is 1.53. The quantitative estimate of drug-likeness (QED) is 0.760. The van der Waals surface area contributed by atoms with Crippen molar-refractivity contribution in [2.45, 2.75) is 30.5 Å². The SMILES string of the molecule is COc1ccc(CCSc2nncn2C2CC2)cc1. The molecule has 0 radical (unpaired) electrons. The summed E-state index contributed by atoms with van der Waals surface area (Å²) in [5.41, 5.74) is 1.32. The summed E-state index contributed by atoms with van der Waals surface area (Å²) in [7, 11) is 1.69. The highest BCUT2D eigenvalue weighted by molar-refractivity contribution is 7.99. The molecule has 3 rings (SSSR count). The molecule has 1 fully saturated rings. The first-order valence-corrected chi connectivity index (χ1v) is 7.50. The van der Waals surface area contributed by atoms with Gasteiger partial charge in [0.05, 0.1) is 7.11 Å². The van der Waals surface area contributed by atoms with Crippen LogP contribution in [-0.4, -0.2) is 27.6 Å². The zero-order valence-corrected chi connectivity index (χ0v) is 11.8. The van der Waals surface area contributed by atoms with E-state index in [1.165, 1.54) is 18.4 Å². The Hall–Kier alpha value is -1.49. The van der Waals surface area contributed by atoms with Gasteiger partial charge in [0.15, 0.2) is 5.16 Å². The van der Waals surface area contributed by atoms with Gasteiger partial charge in [0.25, 0.3) is 0 Å². The van der Waals surface area contributed by atoms with Crippen molar-refractivity contribution < 1.29 is 4.74 Å². The van der Waals surface area contributed by atoms with Gasteiger partial charge < -0.3 is 9.30 Å². The van der Waals surface area contributed by atoms with E-state index in [0.717, 1.165) is 23.1 Å². The minimum Gasteiger partial charge on any atom is -0.497 e. The maximum atomic E-state index is 5.15. The fraction of sp³-hybridized carbons (Fsp3) is 0.429. The van der Waals surface area contributed by atoms with E-state index >= 15 is 0 Å². The Morgan fingerprint density at radius 3 is 2.79 bits per heavy atom. The molecule has 0 bridgehead atoms. The summed E-state index contributed by atoms with van der Waals surface area (Å²) in [6.45, 7) is 0. The lowest BCUT2D eigenvalue weighted by atomic mass is 10.2. The number of benzene rings is 1. The van der Waals surface area contributed by atoms with Crippen LogP contribution in [0.5, 0.6) is 5.75 Å². The maximum absolute atomic E-state index is 5.15. The summed E-state index contributed by atoms with van der Waals surface area (Å²) in [6, 6.07) is 8.90. The van der Waals surface area contributed by atoms with Gasteiger partial charge in [-0.15, -0.1) is 10.2 Å². The first-order chi connectivity index (χ1) is 9.36. The van der Waals surface area contributed by atoms with Crippen LogP contribution in [-0.2, 0) is 6.42 Å². The lowest BCUT2D eigenvalue weighted by Gasteiger charge is -2.05. The van der Waals surface area contributed by atoms with Crippen molar-refractivity contribution in [2.24, 2.45) is 0 Å². The van der Waals surface area contributed by atoms with E-state index in [1.54, 1.807) is 18.9 Å². The van der Waals surface area contributed by atoms with E-state index < -0.39 is 0 Å². The molecule has 100 valence electrons. The molecule has 0 saturated heterocycles. The summed E-state index contributed by atoms with van der Waals surface area (Å²) < 4.78 is 7.36. The minimum absolute atomic E-state index is 0.651. The van der Waals surface area contributed by atoms with Gasteiger partial charge in [-0.05, 0) is 37.0 Å². The molecule has 0 spiro atoms. The third-order valence-corrected chi connectivity index (χ3v) is 4.22. The fourth-order valence-electron chi connectivity index (χ4n) is 1.99. The van der Waals surface area contributed by atoms with Crippen LogP contribution < -0.4 is 4.74 Å². The summed E-state index contributed by atoms with van der Waals surface area (Å²) in [5, 5.41) is 9.25. The topological polar surface area (TPSA) is 39.9 Å². The molecule has 4 nitrogen and oxygen atoms in total. The number of hydrogen-bond acceptors (Lipinski definition) is 4. The summed E-state index contributed by atoms with van der Waals surface area (Å²) in [6.07, 6.45) is 5.42. The van der Waals surface area contributed by atoms with Crippen LogP contribution in [0.1, 0.15) is 24.4 Å². The molecule has 1 aromatic heterocycles. The molecule has 0 aliphatic heterocycles. The second kappa shape index (κ2) is 5.65. The molecular weight excluding hydrogens is 258 g/mol. The molecule has 0 N–H and O–H groups in total. The number of rotatable bonds is 6. The lowest BCUT2D eigenvalue weighted by molar-refractivity contribution is 0.414. The normalized spacial score (nSPS) is 14.6. The standard InChI is InChI=1S/C14H17N3OS/c1-18-13-6-2-11(3-7-13)8-9-19-14-16-15-10-17(14)12-4-5-12/h2-3,6-7,10,12H,4-5,8-9H2,1H3. The van der Waals surface area contributed by atoms with Crippen molar-refractivity contribution in [3.8, 4) is 5.75 Å². The average molecular weight is 275 g/mol. The Morgan fingerprint density at radius 1 is 1.32 bits per heavy atom. The Bertz CT molecular complexity index is 534. The van der Waals surface area contributed by atoms with Crippen molar-refractivity contribution >= 4 is 11.8 Å². The molecule has 19 heavy (non-hydrogen) atoms. The molecule has 0 unspecified atom stereocenters. The van der Waals surface area contributed by atoms with E-state index in [1.807, 2.05) is 18.5 Å². The van der Waals surface area contributed by atoms with Gasteiger partial charge in [-0.2, -0.15) is 0 Å². The van der Waals surface area contributed by atoms with Gasteiger partial charge in [0.2, 0.25) is 0 Å². The van der Waals surface area contributed by atoms with Gasteiger partial charge in [0.1, 0.15) is 12.1 Å². The van der Waals surface area contributed by atoms with Crippen LogP contribution in [0.3, 0.4) is 0 Å². The minimum atomic E-state index is 0.651. The smallest absolute Gasteiger partial charge is 0.191 e. The van der Waals surface area contributed by atoms with Crippen LogP contribution in [0, 0.1) is 0 Å². The molecule has 1 aliphatic rings. The Labute approximate surface area is 117 Å². The highest BCUT2D eigenvalue weighted by Crippen LogP contribution is 2.37. The van der Waals surface area contributed by atoms with E-state index in [-0.39, 0.29) is 0 Å². The predicted molar refractivity (Wildman–Crippen MR) is 75.7 cm³/mol. The second-order valence-corrected chi connectivity index (χ2v) is 5.76. The Morgan fingerprint density at radius 2 is 2.11 bits per heavy atom. The molecule has 1 aliphatic carbocycles. The zero-order valence-electron chi connectivity index (χ0n) is 11.0. The van der Waals surface area contributed by atoms with Crippen LogP contribution in [0.25, 0.3) is 0 Å². The van der Waals surface area contributed by atoms with Crippen molar-refractivity contribution in [1.82, 2.24) is 14.8 Å². The van der Waals surface area contributed by atoms with Crippen LogP contribution in [0.15, 0.2) is 35.7 Å². The van der Waals surface area contributed by atoms with E-state index in [0.29, 0.717) is 6.04 Å². The van der Waals surface area contributed by atoms with E-state index in [2.05, 4.69) is 26.9 Å². The number of ether oxygens (including phenoxy) is 1. The van der Waals surface area contributed by atoms with Gasteiger partial charge in [-0.3, -0.25) is 0 Å². The van der Waals surface area contributed by atoms with E-state index in [9.17, 15) is 0 Å². The molecule has 1 aromatic carbocycles. The third kappa shape index (κ3) is 3.10. The number of aromatic nitrogens is 3. The molecule has 2 aromatic rings. The first kappa shape index (κ1) is 12.5. The Kier molecular flexibility index (Phi) is 3.73. The van der Waals surface area contributed by atoms with Gasteiger partial charge in [0, 0.05) is 11.8 Å². The third-order valence-electron chi connectivity index (χ3n) is 3.26. The van der Waals surface area contributed by atoms with Gasteiger partial charge >= 0.3 is 0 Å². The van der Waals surface area contributed by atoms with Crippen LogP contribution in [0.2, 0.25) is 0 Å². The van der Waals surface area contributed by atoms with E-state index in [4.69, 9.17) is 4.74 Å². The maximum Gasteiger partial charge on any atom is 0.191 e. The second-order valence-electron chi connectivity index (χ2n) is 4.70. The monoisotopic (exact) mass is 275 g/mol. The zero-order chi connectivity index (χ0) is 13.1. The van der Waals surface area contributed by atoms with Gasteiger partial charge in [-0.1, -0.05) is 23.9 Å². The molecule has 0 atom stereocenters. The summed E-state index contributed by atoms with van der Waals surface area (Å²) in [5.74, 6) is 1.93.